The summed E-state index contributed by atoms with van der Waals surface area (Å²) in [5.74, 6) is 0.426. The second-order valence-electron chi connectivity index (χ2n) is 8.93. The van der Waals surface area contributed by atoms with Gasteiger partial charge in [0, 0.05) is 18.7 Å². The summed E-state index contributed by atoms with van der Waals surface area (Å²) in [6, 6.07) is 5.33. The monoisotopic (exact) mass is 484 g/mol. The molecule has 1 N–H and O–H groups in total. The van der Waals surface area contributed by atoms with Crippen molar-refractivity contribution in [1.82, 2.24) is 29.5 Å². The number of halogens is 1. The van der Waals surface area contributed by atoms with E-state index in [1.54, 1.807) is 17.2 Å². The highest BCUT2D eigenvalue weighted by atomic mass is 35.5. The van der Waals surface area contributed by atoms with Crippen molar-refractivity contribution < 1.29 is 14.3 Å². The van der Waals surface area contributed by atoms with Crippen LogP contribution in [-0.4, -0.2) is 64.0 Å². The highest BCUT2D eigenvalue weighted by Gasteiger charge is 2.29. The van der Waals surface area contributed by atoms with Gasteiger partial charge in [-0.15, -0.1) is 0 Å². The van der Waals surface area contributed by atoms with Crippen LogP contribution in [0.5, 0.6) is 5.75 Å². The SMILES string of the molecule is CN(C)CCOc1cccc(-n2ncc3c2COCC3NC(=O)c2ncn3c2CCCC3)c1Cl. The average Bonchev–Trinajstić information content (AvgIpc) is 3.45. The van der Waals surface area contributed by atoms with Gasteiger partial charge >= 0.3 is 0 Å². The number of imidazole rings is 1. The molecule has 180 valence electrons. The minimum Gasteiger partial charge on any atom is -0.491 e. The van der Waals surface area contributed by atoms with Crippen LogP contribution in [-0.2, 0) is 24.3 Å². The van der Waals surface area contributed by atoms with E-state index in [0.29, 0.717) is 42.0 Å². The van der Waals surface area contributed by atoms with E-state index in [1.807, 2.05) is 37.2 Å². The number of carbonyl (C=O) groups excluding carboxylic acids is 1. The van der Waals surface area contributed by atoms with Crippen LogP contribution in [0.25, 0.3) is 5.69 Å². The Balaban J connectivity index is 1.37. The van der Waals surface area contributed by atoms with Crippen LogP contribution in [0.15, 0.2) is 30.7 Å². The van der Waals surface area contributed by atoms with Gasteiger partial charge < -0.3 is 24.3 Å². The van der Waals surface area contributed by atoms with Gasteiger partial charge in [0.25, 0.3) is 5.91 Å². The Morgan fingerprint density at radius 2 is 2.21 bits per heavy atom. The number of ether oxygens (including phenoxy) is 2. The molecule has 2 aliphatic heterocycles. The standard InChI is InChI=1S/C24H29ClN6O3/c1-29(2)10-11-34-21-8-5-7-18(22(21)25)31-20-14-33-13-17(16(20)12-27-31)28-24(32)23-19-6-3-4-9-30(19)15-26-23/h5,7-8,12,15,17H,3-4,6,9-11,13-14H2,1-2H3,(H,28,32). The van der Waals surface area contributed by atoms with Crippen molar-refractivity contribution in [1.29, 1.82) is 0 Å². The summed E-state index contributed by atoms with van der Waals surface area (Å²) >= 11 is 6.69. The Kier molecular flexibility index (Phi) is 6.58. The van der Waals surface area contributed by atoms with Crippen LogP contribution in [0.1, 0.15) is 46.3 Å². The fourth-order valence-corrected chi connectivity index (χ4v) is 4.74. The maximum Gasteiger partial charge on any atom is 0.272 e. The van der Waals surface area contributed by atoms with Gasteiger partial charge in [-0.05, 0) is 45.5 Å². The molecule has 1 amide bonds. The molecule has 0 saturated carbocycles. The van der Waals surface area contributed by atoms with Gasteiger partial charge in [0.05, 0.1) is 48.9 Å². The lowest BCUT2D eigenvalue weighted by atomic mass is 10.0. The molecule has 2 aromatic heterocycles. The quantitative estimate of drug-likeness (QED) is 0.555. The van der Waals surface area contributed by atoms with Crippen molar-refractivity contribution in [3.05, 3.63) is 58.4 Å². The number of carbonyl (C=O) groups is 1. The molecular weight excluding hydrogens is 456 g/mol. The lowest BCUT2D eigenvalue weighted by Gasteiger charge is -2.25. The Hall–Kier alpha value is -2.88. The Bertz CT molecular complexity index is 1190. The molecule has 0 radical (unpaired) electrons. The largest absolute Gasteiger partial charge is 0.491 e. The van der Waals surface area contributed by atoms with Gasteiger partial charge in [-0.1, -0.05) is 17.7 Å². The molecule has 3 aromatic rings. The van der Waals surface area contributed by atoms with Crippen LogP contribution in [0.2, 0.25) is 5.02 Å². The number of hydrogen-bond donors (Lipinski definition) is 1. The average molecular weight is 485 g/mol. The summed E-state index contributed by atoms with van der Waals surface area (Å²) in [6.45, 7) is 2.98. The van der Waals surface area contributed by atoms with Crippen molar-refractivity contribution in [2.75, 3.05) is 33.9 Å². The van der Waals surface area contributed by atoms with Crippen LogP contribution < -0.4 is 10.1 Å². The molecule has 1 aromatic carbocycles. The fraction of sp³-hybridized carbons (Fsp3) is 0.458. The van der Waals surface area contributed by atoms with Crippen LogP contribution in [0.4, 0.5) is 0 Å². The summed E-state index contributed by atoms with van der Waals surface area (Å²) in [6.07, 6.45) is 6.61. The number of likely N-dealkylation sites (N-methyl/N-ethyl adjacent to an activating group) is 1. The molecule has 9 nitrogen and oxygen atoms in total. The zero-order chi connectivity index (χ0) is 23.7. The third-order valence-corrected chi connectivity index (χ3v) is 6.68. The highest BCUT2D eigenvalue weighted by molar-refractivity contribution is 6.33. The molecule has 2 aliphatic rings. The highest BCUT2D eigenvalue weighted by Crippen LogP contribution is 2.34. The van der Waals surface area contributed by atoms with Gasteiger partial charge in [0.15, 0.2) is 0 Å². The molecule has 0 aliphatic carbocycles. The molecule has 0 fully saturated rings. The normalized spacial score (nSPS) is 17.4. The molecule has 1 atom stereocenters. The lowest BCUT2D eigenvalue weighted by Crippen LogP contribution is -2.35. The van der Waals surface area contributed by atoms with E-state index in [0.717, 1.165) is 49.3 Å². The number of nitrogens with zero attached hydrogens (tertiary/aromatic N) is 5. The Morgan fingerprint density at radius 3 is 3.06 bits per heavy atom. The summed E-state index contributed by atoms with van der Waals surface area (Å²) in [5.41, 5.74) is 4.00. The molecule has 0 spiro atoms. The number of aromatic nitrogens is 4. The van der Waals surface area contributed by atoms with E-state index in [2.05, 4.69) is 20.0 Å². The smallest absolute Gasteiger partial charge is 0.272 e. The Labute approximate surface area is 203 Å². The van der Waals surface area contributed by atoms with E-state index in [1.165, 1.54) is 0 Å². The van der Waals surface area contributed by atoms with Crippen molar-refractivity contribution in [2.24, 2.45) is 0 Å². The number of aryl methyl sites for hydroxylation is 1. The van der Waals surface area contributed by atoms with Gasteiger partial charge in [-0.2, -0.15) is 5.10 Å². The first-order valence-corrected chi connectivity index (χ1v) is 12.0. The third-order valence-electron chi connectivity index (χ3n) is 6.30. The Morgan fingerprint density at radius 1 is 1.32 bits per heavy atom. The van der Waals surface area contributed by atoms with Crippen molar-refractivity contribution >= 4 is 17.5 Å². The first-order valence-electron chi connectivity index (χ1n) is 11.6. The van der Waals surface area contributed by atoms with Crippen molar-refractivity contribution in [3.8, 4) is 11.4 Å². The summed E-state index contributed by atoms with van der Waals surface area (Å²) in [5, 5.41) is 8.18. The maximum absolute atomic E-state index is 13.1. The zero-order valence-corrected chi connectivity index (χ0v) is 20.2. The van der Waals surface area contributed by atoms with Crippen LogP contribution in [0, 0.1) is 0 Å². The number of amides is 1. The van der Waals surface area contributed by atoms with E-state index >= 15 is 0 Å². The number of fused-ring (bicyclic) bond motifs is 2. The van der Waals surface area contributed by atoms with E-state index < -0.39 is 0 Å². The number of benzene rings is 1. The van der Waals surface area contributed by atoms with Crippen molar-refractivity contribution in [3.63, 3.8) is 0 Å². The van der Waals surface area contributed by atoms with Gasteiger partial charge in [-0.25, -0.2) is 9.67 Å². The minimum absolute atomic E-state index is 0.181. The zero-order valence-electron chi connectivity index (χ0n) is 19.5. The summed E-state index contributed by atoms with van der Waals surface area (Å²) in [7, 11) is 3.99. The molecule has 5 rings (SSSR count). The van der Waals surface area contributed by atoms with Gasteiger partial charge in [0.2, 0.25) is 0 Å². The molecule has 1 unspecified atom stereocenters. The first kappa shape index (κ1) is 22.9. The predicted molar refractivity (Wildman–Crippen MR) is 128 cm³/mol. The molecule has 0 bridgehead atoms. The molecular formula is C24H29ClN6O3. The van der Waals surface area contributed by atoms with E-state index in [-0.39, 0.29) is 11.9 Å². The molecule has 4 heterocycles. The number of nitrogens with one attached hydrogen (secondary N) is 1. The number of hydrogen-bond acceptors (Lipinski definition) is 6. The van der Waals surface area contributed by atoms with E-state index in [9.17, 15) is 4.79 Å². The first-order chi connectivity index (χ1) is 16.5. The van der Waals surface area contributed by atoms with Gasteiger partial charge in [-0.3, -0.25) is 4.79 Å². The molecule has 10 heteroatoms. The van der Waals surface area contributed by atoms with Crippen LogP contribution in [0.3, 0.4) is 0 Å². The fourth-order valence-electron chi connectivity index (χ4n) is 4.48. The van der Waals surface area contributed by atoms with Crippen LogP contribution >= 0.6 is 11.6 Å². The lowest BCUT2D eigenvalue weighted by molar-refractivity contribution is 0.0684. The second kappa shape index (κ2) is 9.77. The third kappa shape index (κ3) is 4.43. The molecule has 34 heavy (non-hydrogen) atoms. The van der Waals surface area contributed by atoms with E-state index in [4.69, 9.17) is 21.1 Å². The topological polar surface area (TPSA) is 86.4 Å². The summed E-state index contributed by atoms with van der Waals surface area (Å²) < 4.78 is 15.6. The summed E-state index contributed by atoms with van der Waals surface area (Å²) in [4.78, 5) is 19.5. The number of rotatable bonds is 7. The predicted octanol–water partition coefficient (Wildman–Crippen LogP) is 3.00. The maximum atomic E-state index is 13.1. The van der Waals surface area contributed by atoms with Crippen molar-refractivity contribution in [2.45, 2.75) is 38.5 Å². The minimum atomic E-state index is -0.316. The van der Waals surface area contributed by atoms with Gasteiger partial charge in [0.1, 0.15) is 23.1 Å². The molecule has 0 saturated heterocycles. The second-order valence-corrected chi connectivity index (χ2v) is 9.31.